The van der Waals surface area contributed by atoms with Crippen molar-refractivity contribution in [3.05, 3.63) is 12.7 Å². The van der Waals surface area contributed by atoms with Crippen LogP contribution in [0.3, 0.4) is 0 Å². The first-order valence-corrected chi connectivity index (χ1v) is 4.54. The molecule has 0 saturated carbocycles. The molecule has 1 saturated heterocycles. The molecule has 0 aromatic rings. The third kappa shape index (κ3) is 2.73. The van der Waals surface area contributed by atoms with Gasteiger partial charge in [0.05, 0.1) is 0 Å². The Balaban J connectivity index is 2.37. The van der Waals surface area contributed by atoms with Crippen molar-refractivity contribution in [2.24, 2.45) is 5.73 Å². The number of hydrogen-bond donors (Lipinski definition) is 1. The summed E-state index contributed by atoms with van der Waals surface area (Å²) in [7, 11) is 0. The molecule has 1 aliphatic heterocycles. The summed E-state index contributed by atoms with van der Waals surface area (Å²) in [6, 6.07) is 0. The molecular weight excluding hydrogens is 168 g/mol. The Labute approximate surface area is 78.3 Å². The SMILES string of the molecule is C=CCN1CCC(CCN)OC1=O. The highest BCUT2D eigenvalue weighted by Gasteiger charge is 2.25. The van der Waals surface area contributed by atoms with Crippen LogP contribution in [0.4, 0.5) is 4.79 Å². The minimum Gasteiger partial charge on any atom is -0.446 e. The fourth-order valence-corrected chi connectivity index (χ4v) is 1.38. The summed E-state index contributed by atoms with van der Waals surface area (Å²) in [5.41, 5.74) is 5.38. The average Bonchev–Trinajstić information content (AvgIpc) is 2.10. The van der Waals surface area contributed by atoms with Crippen LogP contribution in [0.15, 0.2) is 12.7 Å². The minimum atomic E-state index is -0.246. The summed E-state index contributed by atoms with van der Waals surface area (Å²) in [6.45, 7) is 5.45. The van der Waals surface area contributed by atoms with Gasteiger partial charge in [0, 0.05) is 19.5 Å². The zero-order valence-electron chi connectivity index (χ0n) is 7.74. The van der Waals surface area contributed by atoms with Crippen molar-refractivity contribution in [1.29, 1.82) is 0 Å². The number of carbonyl (C=O) groups excluding carboxylic acids is 1. The normalized spacial score (nSPS) is 22.7. The first-order chi connectivity index (χ1) is 6.27. The van der Waals surface area contributed by atoms with Gasteiger partial charge >= 0.3 is 6.09 Å². The van der Waals surface area contributed by atoms with Crippen molar-refractivity contribution < 1.29 is 9.53 Å². The fraction of sp³-hybridized carbons (Fsp3) is 0.667. The lowest BCUT2D eigenvalue weighted by atomic mass is 10.1. The van der Waals surface area contributed by atoms with Crippen molar-refractivity contribution in [2.45, 2.75) is 18.9 Å². The number of nitrogens with zero attached hydrogens (tertiary/aromatic N) is 1. The van der Waals surface area contributed by atoms with Crippen LogP contribution in [0.25, 0.3) is 0 Å². The molecule has 0 aromatic heterocycles. The number of ether oxygens (including phenoxy) is 1. The van der Waals surface area contributed by atoms with Gasteiger partial charge in [-0.15, -0.1) is 6.58 Å². The summed E-state index contributed by atoms with van der Waals surface area (Å²) in [5.74, 6) is 0. The van der Waals surface area contributed by atoms with E-state index in [0.29, 0.717) is 13.1 Å². The van der Waals surface area contributed by atoms with Crippen LogP contribution < -0.4 is 5.73 Å². The second kappa shape index (κ2) is 4.87. The van der Waals surface area contributed by atoms with E-state index in [2.05, 4.69) is 6.58 Å². The largest absolute Gasteiger partial charge is 0.446 e. The van der Waals surface area contributed by atoms with Gasteiger partial charge in [0.2, 0.25) is 0 Å². The van der Waals surface area contributed by atoms with E-state index in [1.165, 1.54) is 0 Å². The lowest BCUT2D eigenvalue weighted by Gasteiger charge is -2.30. The molecular formula is C9H16N2O2. The number of cyclic esters (lactones) is 1. The summed E-state index contributed by atoms with van der Waals surface area (Å²) in [5, 5.41) is 0. The van der Waals surface area contributed by atoms with Crippen LogP contribution in [0.2, 0.25) is 0 Å². The van der Waals surface area contributed by atoms with E-state index in [1.807, 2.05) is 0 Å². The van der Waals surface area contributed by atoms with Gasteiger partial charge in [0.1, 0.15) is 6.10 Å². The molecule has 1 amide bonds. The molecule has 1 fully saturated rings. The standard InChI is InChI=1S/C9H16N2O2/c1-2-6-11-7-4-8(3-5-10)13-9(11)12/h2,8H,1,3-7,10H2. The van der Waals surface area contributed by atoms with E-state index in [4.69, 9.17) is 10.5 Å². The average molecular weight is 184 g/mol. The zero-order chi connectivity index (χ0) is 9.68. The molecule has 4 heteroatoms. The van der Waals surface area contributed by atoms with Crippen LogP contribution in [0.1, 0.15) is 12.8 Å². The van der Waals surface area contributed by atoms with E-state index in [9.17, 15) is 4.79 Å². The molecule has 74 valence electrons. The Morgan fingerprint density at radius 1 is 1.77 bits per heavy atom. The highest BCUT2D eigenvalue weighted by atomic mass is 16.6. The molecule has 0 aliphatic carbocycles. The minimum absolute atomic E-state index is 0.0126. The van der Waals surface area contributed by atoms with E-state index in [-0.39, 0.29) is 12.2 Å². The number of hydrogen-bond acceptors (Lipinski definition) is 3. The van der Waals surface area contributed by atoms with Gasteiger partial charge in [-0.25, -0.2) is 4.79 Å². The molecule has 2 N–H and O–H groups in total. The predicted molar refractivity (Wildman–Crippen MR) is 50.3 cm³/mol. The molecule has 0 radical (unpaired) electrons. The highest BCUT2D eigenvalue weighted by molar-refractivity contribution is 5.68. The summed E-state index contributed by atoms with van der Waals surface area (Å²) >= 11 is 0. The van der Waals surface area contributed by atoms with Crippen molar-refractivity contribution in [1.82, 2.24) is 4.90 Å². The van der Waals surface area contributed by atoms with Gasteiger partial charge < -0.3 is 15.4 Å². The third-order valence-electron chi connectivity index (χ3n) is 2.08. The molecule has 1 aliphatic rings. The van der Waals surface area contributed by atoms with Crippen LogP contribution >= 0.6 is 0 Å². The van der Waals surface area contributed by atoms with Crippen LogP contribution in [-0.2, 0) is 4.74 Å². The second-order valence-corrected chi connectivity index (χ2v) is 3.11. The van der Waals surface area contributed by atoms with Gasteiger partial charge in [-0.05, 0) is 13.0 Å². The molecule has 0 aromatic carbocycles. The van der Waals surface area contributed by atoms with E-state index < -0.39 is 0 Å². The first-order valence-electron chi connectivity index (χ1n) is 4.54. The monoisotopic (exact) mass is 184 g/mol. The molecule has 0 bridgehead atoms. The second-order valence-electron chi connectivity index (χ2n) is 3.11. The van der Waals surface area contributed by atoms with Crippen molar-refractivity contribution in [3.63, 3.8) is 0 Å². The number of carbonyl (C=O) groups is 1. The summed E-state index contributed by atoms with van der Waals surface area (Å²) in [6.07, 6.45) is 3.10. The lowest BCUT2D eigenvalue weighted by molar-refractivity contribution is 0.0262. The van der Waals surface area contributed by atoms with Crippen LogP contribution in [0.5, 0.6) is 0 Å². The number of nitrogens with two attached hydrogens (primary N) is 1. The van der Waals surface area contributed by atoms with E-state index in [1.54, 1.807) is 11.0 Å². The van der Waals surface area contributed by atoms with E-state index in [0.717, 1.165) is 19.4 Å². The van der Waals surface area contributed by atoms with Crippen LogP contribution in [-0.4, -0.2) is 36.7 Å². The summed E-state index contributed by atoms with van der Waals surface area (Å²) in [4.78, 5) is 12.9. The molecule has 1 rings (SSSR count). The van der Waals surface area contributed by atoms with E-state index >= 15 is 0 Å². The number of amides is 1. The molecule has 1 unspecified atom stereocenters. The Hall–Kier alpha value is -1.03. The lowest BCUT2D eigenvalue weighted by Crippen LogP contribution is -2.42. The molecule has 1 atom stereocenters. The maximum absolute atomic E-state index is 11.3. The quantitative estimate of drug-likeness (QED) is 0.655. The highest BCUT2D eigenvalue weighted by Crippen LogP contribution is 2.13. The molecule has 1 heterocycles. The first kappa shape index (κ1) is 10.1. The van der Waals surface area contributed by atoms with Gasteiger partial charge in [-0.2, -0.15) is 0 Å². The fourth-order valence-electron chi connectivity index (χ4n) is 1.38. The Bertz CT molecular complexity index is 194. The van der Waals surface area contributed by atoms with Gasteiger partial charge in [0.15, 0.2) is 0 Å². The smallest absolute Gasteiger partial charge is 0.410 e. The maximum Gasteiger partial charge on any atom is 0.410 e. The van der Waals surface area contributed by atoms with Gasteiger partial charge in [-0.3, -0.25) is 0 Å². The predicted octanol–water partition coefficient (Wildman–Crippen LogP) is 0.732. The summed E-state index contributed by atoms with van der Waals surface area (Å²) < 4.78 is 5.15. The maximum atomic E-state index is 11.3. The van der Waals surface area contributed by atoms with Gasteiger partial charge in [-0.1, -0.05) is 6.08 Å². The Kier molecular flexibility index (Phi) is 3.76. The Morgan fingerprint density at radius 3 is 3.08 bits per heavy atom. The number of rotatable bonds is 4. The van der Waals surface area contributed by atoms with Crippen molar-refractivity contribution in [2.75, 3.05) is 19.6 Å². The third-order valence-corrected chi connectivity index (χ3v) is 2.08. The topological polar surface area (TPSA) is 55.6 Å². The van der Waals surface area contributed by atoms with Crippen molar-refractivity contribution >= 4 is 6.09 Å². The van der Waals surface area contributed by atoms with Crippen molar-refractivity contribution in [3.8, 4) is 0 Å². The molecule has 4 nitrogen and oxygen atoms in total. The van der Waals surface area contributed by atoms with Crippen LogP contribution in [0, 0.1) is 0 Å². The zero-order valence-corrected chi connectivity index (χ0v) is 7.74. The Morgan fingerprint density at radius 2 is 2.54 bits per heavy atom. The molecule has 13 heavy (non-hydrogen) atoms. The molecule has 0 spiro atoms. The van der Waals surface area contributed by atoms with Gasteiger partial charge in [0.25, 0.3) is 0 Å².